The molecular formula is C13H16Cl2N2O. The van der Waals surface area contributed by atoms with Crippen LogP contribution in [-0.2, 0) is 4.79 Å². The largest absolute Gasteiger partial charge is 0.326 e. The first-order valence-corrected chi connectivity index (χ1v) is 6.86. The summed E-state index contributed by atoms with van der Waals surface area (Å²) in [5.74, 6) is 0.638. The SMILES string of the molecule is O=C(CCC1CCNC1)Nc1cc(Cl)cc(Cl)c1. The highest BCUT2D eigenvalue weighted by Gasteiger charge is 2.15. The molecule has 98 valence electrons. The molecule has 2 N–H and O–H groups in total. The van der Waals surface area contributed by atoms with Crippen LogP contribution in [0, 0.1) is 5.92 Å². The quantitative estimate of drug-likeness (QED) is 0.892. The first kappa shape index (κ1) is 13.7. The van der Waals surface area contributed by atoms with Crippen LogP contribution >= 0.6 is 23.2 Å². The maximum absolute atomic E-state index is 11.8. The van der Waals surface area contributed by atoms with Crippen molar-refractivity contribution in [1.82, 2.24) is 5.32 Å². The lowest BCUT2D eigenvalue weighted by atomic mass is 10.0. The number of carbonyl (C=O) groups is 1. The van der Waals surface area contributed by atoms with Crippen LogP contribution in [0.5, 0.6) is 0 Å². The van der Waals surface area contributed by atoms with E-state index in [0.717, 1.165) is 25.9 Å². The van der Waals surface area contributed by atoms with Crippen LogP contribution in [0.15, 0.2) is 18.2 Å². The summed E-state index contributed by atoms with van der Waals surface area (Å²) in [5.41, 5.74) is 0.655. The van der Waals surface area contributed by atoms with E-state index >= 15 is 0 Å². The van der Waals surface area contributed by atoms with Gasteiger partial charge in [-0.3, -0.25) is 4.79 Å². The Morgan fingerprint density at radius 2 is 2.06 bits per heavy atom. The molecule has 18 heavy (non-hydrogen) atoms. The smallest absolute Gasteiger partial charge is 0.224 e. The van der Waals surface area contributed by atoms with Gasteiger partial charge in [-0.2, -0.15) is 0 Å². The molecule has 1 heterocycles. The van der Waals surface area contributed by atoms with E-state index in [1.807, 2.05) is 0 Å². The van der Waals surface area contributed by atoms with Gasteiger partial charge >= 0.3 is 0 Å². The van der Waals surface area contributed by atoms with E-state index in [9.17, 15) is 4.79 Å². The zero-order valence-corrected chi connectivity index (χ0v) is 11.5. The van der Waals surface area contributed by atoms with Crippen molar-refractivity contribution in [2.75, 3.05) is 18.4 Å². The number of carbonyl (C=O) groups excluding carboxylic acids is 1. The van der Waals surface area contributed by atoms with Gasteiger partial charge in [-0.15, -0.1) is 0 Å². The number of anilines is 1. The number of hydrogen-bond donors (Lipinski definition) is 2. The van der Waals surface area contributed by atoms with E-state index in [2.05, 4.69) is 10.6 Å². The Balaban J connectivity index is 1.82. The minimum atomic E-state index is 0.0141. The molecule has 1 aliphatic rings. The fourth-order valence-corrected chi connectivity index (χ4v) is 2.67. The predicted octanol–water partition coefficient (Wildman–Crippen LogP) is 3.32. The fourth-order valence-electron chi connectivity index (χ4n) is 2.15. The minimum Gasteiger partial charge on any atom is -0.326 e. The average molecular weight is 287 g/mol. The molecule has 0 aromatic heterocycles. The van der Waals surface area contributed by atoms with Crippen LogP contribution in [0.2, 0.25) is 10.0 Å². The second-order valence-electron chi connectivity index (χ2n) is 4.60. The molecule has 0 bridgehead atoms. The van der Waals surface area contributed by atoms with Gasteiger partial charge in [-0.1, -0.05) is 23.2 Å². The molecule has 0 radical (unpaired) electrons. The molecular weight excluding hydrogens is 271 g/mol. The van der Waals surface area contributed by atoms with Crippen molar-refractivity contribution in [3.05, 3.63) is 28.2 Å². The first-order chi connectivity index (χ1) is 8.63. The van der Waals surface area contributed by atoms with E-state index in [-0.39, 0.29) is 5.91 Å². The molecule has 1 aliphatic heterocycles. The Morgan fingerprint density at radius 1 is 1.33 bits per heavy atom. The van der Waals surface area contributed by atoms with Crippen molar-refractivity contribution in [3.8, 4) is 0 Å². The van der Waals surface area contributed by atoms with Gasteiger partial charge in [0.1, 0.15) is 0 Å². The van der Waals surface area contributed by atoms with E-state index < -0.39 is 0 Å². The van der Waals surface area contributed by atoms with Crippen LogP contribution in [0.4, 0.5) is 5.69 Å². The molecule has 0 saturated carbocycles. The third-order valence-corrected chi connectivity index (χ3v) is 3.52. The van der Waals surface area contributed by atoms with Gasteiger partial charge in [0.25, 0.3) is 0 Å². The van der Waals surface area contributed by atoms with Gasteiger partial charge in [-0.25, -0.2) is 0 Å². The minimum absolute atomic E-state index is 0.0141. The molecule has 1 amide bonds. The molecule has 1 unspecified atom stereocenters. The summed E-state index contributed by atoms with van der Waals surface area (Å²) < 4.78 is 0. The Labute approximate surface area is 117 Å². The highest BCUT2D eigenvalue weighted by atomic mass is 35.5. The van der Waals surface area contributed by atoms with Gasteiger partial charge in [0.15, 0.2) is 0 Å². The maximum Gasteiger partial charge on any atom is 0.224 e. The summed E-state index contributed by atoms with van der Waals surface area (Å²) >= 11 is 11.7. The second kappa shape index (κ2) is 6.41. The molecule has 2 rings (SSSR count). The van der Waals surface area contributed by atoms with Gasteiger partial charge < -0.3 is 10.6 Å². The second-order valence-corrected chi connectivity index (χ2v) is 5.48. The van der Waals surface area contributed by atoms with E-state index in [1.165, 1.54) is 0 Å². The third-order valence-electron chi connectivity index (χ3n) is 3.09. The molecule has 3 nitrogen and oxygen atoms in total. The highest BCUT2D eigenvalue weighted by molar-refractivity contribution is 6.35. The lowest BCUT2D eigenvalue weighted by Gasteiger charge is -2.09. The van der Waals surface area contributed by atoms with E-state index in [4.69, 9.17) is 23.2 Å². The summed E-state index contributed by atoms with van der Waals surface area (Å²) in [5, 5.41) is 7.16. The van der Waals surface area contributed by atoms with Crippen LogP contribution < -0.4 is 10.6 Å². The van der Waals surface area contributed by atoms with Crippen molar-refractivity contribution in [2.24, 2.45) is 5.92 Å². The highest BCUT2D eigenvalue weighted by Crippen LogP contribution is 2.23. The molecule has 1 saturated heterocycles. The Kier molecular flexibility index (Phi) is 4.87. The fraction of sp³-hybridized carbons (Fsp3) is 0.462. The molecule has 0 spiro atoms. The van der Waals surface area contributed by atoms with Crippen molar-refractivity contribution in [3.63, 3.8) is 0 Å². The standard InChI is InChI=1S/C13H16Cl2N2O/c14-10-5-11(15)7-12(6-10)17-13(18)2-1-9-3-4-16-8-9/h5-7,9,16H,1-4,8H2,(H,17,18). The summed E-state index contributed by atoms with van der Waals surface area (Å²) in [6.45, 7) is 2.09. The molecule has 1 aromatic carbocycles. The summed E-state index contributed by atoms with van der Waals surface area (Å²) in [4.78, 5) is 11.8. The van der Waals surface area contributed by atoms with Crippen LogP contribution in [-0.4, -0.2) is 19.0 Å². The van der Waals surface area contributed by atoms with Crippen LogP contribution in [0.25, 0.3) is 0 Å². The molecule has 1 atom stereocenters. The topological polar surface area (TPSA) is 41.1 Å². The molecule has 1 aromatic rings. The van der Waals surface area contributed by atoms with Gasteiger partial charge in [-0.05, 0) is 50.0 Å². The van der Waals surface area contributed by atoms with Gasteiger partial charge in [0.2, 0.25) is 5.91 Å². The monoisotopic (exact) mass is 286 g/mol. The maximum atomic E-state index is 11.8. The number of nitrogens with one attached hydrogen (secondary N) is 2. The molecule has 0 aliphatic carbocycles. The first-order valence-electron chi connectivity index (χ1n) is 6.10. The summed E-state index contributed by atoms with van der Waals surface area (Å²) in [6.07, 6.45) is 2.62. The van der Waals surface area contributed by atoms with Crippen molar-refractivity contribution >= 4 is 34.8 Å². The van der Waals surface area contributed by atoms with Crippen molar-refractivity contribution < 1.29 is 4.79 Å². The predicted molar refractivity (Wildman–Crippen MR) is 75.3 cm³/mol. The lowest BCUT2D eigenvalue weighted by Crippen LogP contribution is -2.15. The number of hydrogen-bond acceptors (Lipinski definition) is 2. The summed E-state index contributed by atoms with van der Waals surface area (Å²) in [7, 11) is 0. The zero-order chi connectivity index (χ0) is 13.0. The van der Waals surface area contributed by atoms with Crippen molar-refractivity contribution in [2.45, 2.75) is 19.3 Å². The average Bonchev–Trinajstić information content (AvgIpc) is 2.77. The van der Waals surface area contributed by atoms with Crippen LogP contribution in [0.1, 0.15) is 19.3 Å². The molecule has 1 fully saturated rings. The summed E-state index contributed by atoms with van der Waals surface area (Å²) in [6, 6.07) is 5.04. The van der Waals surface area contributed by atoms with E-state index in [1.54, 1.807) is 18.2 Å². The molecule has 5 heteroatoms. The van der Waals surface area contributed by atoms with Crippen LogP contribution in [0.3, 0.4) is 0 Å². The number of amides is 1. The van der Waals surface area contributed by atoms with Gasteiger partial charge in [0, 0.05) is 22.2 Å². The Bertz CT molecular complexity index is 411. The zero-order valence-electron chi connectivity index (χ0n) is 10.0. The normalized spacial score (nSPS) is 18.9. The Hall–Kier alpha value is -0.770. The number of benzene rings is 1. The lowest BCUT2D eigenvalue weighted by molar-refractivity contribution is -0.116. The third kappa shape index (κ3) is 4.16. The number of halogens is 2. The van der Waals surface area contributed by atoms with E-state index in [0.29, 0.717) is 28.1 Å². The Morgan fingerprint density at radius 3 is 2.67 bits per heavy atom. The van der Waals surface area contributed by atoms with Crippen molar-refractivity contribution in [1.29, 1.82) is 0 Å². The van der Waals surface area contributed by atoms with Gasteiger partial charge in [0.05, 0.1) is 0 Å². The number of rotatable bonds is 4.